The van der Waals surface area contributed by atoms with Gasteiger partial charge in [0.1, 0.15) is 0 Å². The molecule has 3 nitrogen and oxygen atoms in total. The maximum atomic E-state index is 12.1. The van der Waals surface area contributed by atoms with E-state index in [1.54, 1.807) is 0 Å². The third-order valence-electron chi connectivity index (χ3n) is 4.51. The summed E-state index contributed by atoms with van der Waals surface area (Å²) in [5.74, 6) is 0.152. The van der Waals surface area contributed by atoms with E-state index in [2.05, 4.69) is 29.4 Å². The maximum absolute atomic E-state index is 12.1. The minimum atomic E-state index is -0.128. The molecule has 2 rings (SSSR count). The fourth-order valence-electron chi connectivity index (χ4n) is 2.92. The van der Waals surface area contributed by atoms with Crippen LogP contribution in [0.5, 0.6) is 0 Å². The number of carbonyl (C=O) groups excluding carboxylic acids is 1. The smallest absolute Gasteiger partial charge is 0.179 e. The van der Waals surface area contributed by atoms with E-state index >= 15 is 0 Å². The Balaban J connectivity index is 2.05. The molecule has 1 aromatic rings. The van der Waals surface area contributed by atoms with Crippen LogP contribution >= 0.6 is 0 Å². The highest BCUT2D eigenvalue weighted by molar-refractivity contribution is 6.00. The molecule has 0 amide bonds. The molecule has 1 saturated carbocycles. The molecular weight excluding hydrogens is 248 g/mol. The highest BCUT2D eigenvalue weighted by Crippen LogP contribution is 2.26. The summed E-state index contributed by atoms with van der Waals surface area (Å²) in [6.07, 6.45) is 6.62. The van der Waals surface area contributed by atoms with Gasteiger partial charge in [-0.15, -0.1) is 0 Å². The van der Waals surface area contributed by atoms with E-state index in [0.717, 1.165) is 5.56 Å². The lowest BCUT2D eigenvalue weighted by Gasteiger charge is -2.33. The second-order valence-corrected chi connectivity index (χ2v) is 5.82. The van der Waals surface area contributed by atoms with Crippen LogP contribution in [0.2, 0.25) is 0 Å². The van der Waals surface area contributed by atoms with Crippen LogP contribution in [0.15, 0.2) is 24.3 Å². The maximum Gasteiger partial charge on any atom is 0.179 e. The van der Waals surface area contributed by atoms with Crippen molar-refractivity contribution in [3.8, 4) is 0 Å². The first-order valence-electron chi connectivity index (χ1n) is 7.68. The van der Waals surface area contributed by atoms with Gasteiger partial charge in [0.15, 0.2) is 5.78 Å². The molecule has 0 heterocycles. The summed E-state index contributed by atoms with van der Waals surface area (Å²) < 4.78 is 0. The van der Waals surface area contributed by atoms with E-state index in [9.17, 15) is 4.79 Å². The lowest BCUT2D eigenvalue weighted by molar-refractivity contribution is 0.0955. The minimum absolute atomic E-state index is 0.128. The van der Waals surface area contributed by atoms with Crippen LogP contribution in [0.4, 0.5) is 5.69 Å². The molecule has 110 valence electrons. The molecular formula is C17H26N2O. The largest absolute Gasteiger partial charge is 0.372 e. The molecule has 1 N–H and O–H groups in total. The van der Waals surface area contributed by atoms with Gasteiger partial charge in [-0.2, -0.15) is 0 Å². The lowest BCUT2D eigenvalue weighted by atomic mass is 9.94. The number of Topliss-reactive ketones (excluding diaryl/α,β-unsaturated/α-hetero) is 1. The van der Waals surface area contributed by atoms with Gasteiger partial charge in [-0.3, -0.25) is 4.79 Å². The summed E-state index contributed by atoms with van der Waals surface area (Å²) in [6.45, 7) is 1.89. The first-order chi connectivity index (χ1) is 9.63. The van der Waals surface area contributed by atoms with Crippen molar-refractivity contribution in [2.24, 2.45) is 0 Å². The molecule has 0 saturated heterocycles. The first kappa shape index (κ1) is 15.0. The monoisotopic (exact) mass is 274 g/mol. The Labute approximate surface area is 122 Å². The molecule has 1 aliphatic rings. The quantitative estimate of drug-likeness (QED) is 0.837. The van der Waals surface area contributed by atoms with Gasteiger partial charge in [-0.1, -0.05) is 19.3 Å². The van der Waals surface area contributed by atoms with Crippen LogP contribution in [-0.2, 0) is 0 Å². The Kier molecular flexibility index (Phi) is 5.18. The normalized spacial score (nSPS) is 17.8. The summed E-state index contributed by atoms with van der Waals surface area (Å²) in [7, 11) is 3.98. The van der Waals surface area contributed by atoms with Crippen molar-refractivity contribution in [3.05, 3.63) is 29.8 Å². The van der Waals surface area contributed by atoms with Crippen molar-refractivity contribution in [2.45, 2.75) is 51.1 Å². The summed E-state index contributed by atoms with van der Waals surface area (Å²) in [6, 6.07) is 8.57. The first-order valence-corrected chi connectivity index (χ1v) is 7.68. The van der Waals surface area contributed by atoms with Crippen molar-refractivity contribution in [1.29, 1.82) is 0 Å². The molecule has 20 heavy (non-hydrogen) atoms. The molecule has 0 aliphatic heterocycles. The molecule has 1 unspecified atom stereocenters. The van der Waals surface area contributed by atoms with E-state index < -0.39 is 0 Å². The molecule has 1 aromatic carbocycles. The predicted octanol–water partition coefficient (Wildman–Crippen LogP) is 3.25. The number of ketones is 1. The Hall–Kier alpha value is -1.35. The fraction of sp³-hybridized carbons (Fsp3) is 0.588. The van der Waals surface area contributed by atoms with Crippen LogP contribution in [0, 0.1) is 0 Å². The van der Waals surface area contributed by atoms with Crippen molar-refractivity contribution in [3.63, 3.8) is 0 Å². The van der Waals surface area contributed by atoms with Crippen LogP contribution in [0.1, 0.15) is 49.4 Å². The summed E-state index contributed by atoms with van der Waals surface area (Å²) >= 11 is 0. The van der Waals surface area contributed by atoms with Crippen LogP contribution < -0.4 is 10.2 Å². The number of likely N-dealkylation sites (N-methyl/N-ethyl adjacent to an activating group) is 1. The van der Waals surface area contributed by atoms with Gasteiger partial charge in [0, 0.05) is 24.3 Å². The molecule has 1 aliphatic carbocycles. The highest BCUT2D eigenvalue weighted by atomic mass is 16.1. The second-order valence-electron chi connectivity index (χ2n) is 5.82. The zero-order chi connectivity index (χ0) is 14.5. The van der Waals surface area contributed by atoms with E-state index in [-0.39, 0.29) is 11.8 Å². The van der Waals surface area contributed by atoms with Crippen molar-refractivity contribution < 1.29 is 4.79 Å². The average molecular weight is 274 g/mol. The number of benzene rings is 1. The standard InChI is InChI=1S/C17H26N2O/c1-13(18-2)17(20)14-9-11-16(12-10-14)19(3)15-7-5-4-6-8-15/h9-13,15,18H,4-8H2,1-3H3. The summed E-state index contributed by atoms with van der Waals surface area (Å²) in [5, 5.41) is 2.99. The van der Waals surface area contributed by atoms with Gasteiger partial charge in [0.05, 0.1) is 6.04 Å². The van der Waals surface area contributed by atoms with Gasteiger partial charge >= 0.3 is 0 Å². The lowest BCUT2D eigenvalue weighted by Crippen LogP contribution is -2.33. The number of carbonyl (C=O) groups is 1. The zero-order valence-corrected chi connectivity index (χ0v) is 12.9. The second kappa shape index (κ2) is 6.89. The SMILES string of the molecule is CNC(C)C(=O)c1ccc(N(C)C2CCCCC2)cc1. The van der Waals surface area contributed by atoms with Gasteiger partial charge < -0.3 is 10.2 Å². The molecule has 1 fully saturated rings. The molecule has 0 aromatic heterocycles. The number of nitrogens with zero attached hydrogens (tertiary/aromatic N) is 1. The summed E-state index contributed by atoms with van der Waals surface area (Å²) in [5.41, 5.74) is 2.00. The van der Waals surface area contributed by atoms with Crippen LogP contribution in [0.25, 0.3) is 0 Å². The Morgan fingerprint density at radius 1 is 1.20 bits per heavy atom. The highest BCUT2D eigenvalue weighted by Gasteiger charge is 2.19. The van der Waals surface area contributed by atoms with Crippen LogP contribution in [-0.4, -0.2) is 32.0 Å². The number of hydrogen-bond acceptors (Lipinski definition) is 3. The molecule has 1 atom stereocenters. The topological polar surface area (TPSA) is 32.3 Å². The fourth-order valence-corrected chi connectivity index (χ4v) is 2.92. The zero-order valence-electron chi connectivity index (χ0n) is 12.9. The average Bonchev–Trinajstić information content (AvgIpc) is 2.53. The Morgan fingerprint density at radius 2 is 1.80 bits per heavy atom. The number of rotatable bonds is 5. The van der Waals surface area contributed by atoms with Crippen LogP contribution in [0.3, 0.4) is 0 Å². The van der Waals surface area contributed by atoms with E-state index in [4.69, 9.17) is 0 Å². The van der Waals surface area contributed by atoms with Crippen molar-refractivity contribution in [2.75, 3.05) is 19.0 Å². The molecule has 3 heteroatoms. The third kappa shape index (κ3) is 3.40. The predicted molar refractivity (Wildman–Crippen MR) is 84.6 cm³/mol. The van der Waals surface area contributed by atoms with E-state index in [1.165, 1.54) is 37.8 Å². The van der Waals surface area contributed by atoms with E-state index in [0.29, 0.717) is 6.04 Å². The molecule has 0 bridgehead atoms. The third-order valence-corrected chi connectivity index (χ3v) is 4.51. The minimum Gasteiger partial charge on any atom is -0.372 e. The number of anilines is 1. The van der Waals surface area contributed by atoms with Crippen molar-refractivity contribution in [1.82, 2.24) is 5.32 Å². The number of hydrogen-bond donors (Lipinski definition) is 1. The van der Waals surface area contributed by atoms with Gasteiger partial charge in [0.25, 0.3) is 0 Å². The Morgan fingerprint density at radius 3 is 2.35 bits per heavy atom. The van der Waals surface area contributed by atoms with Gasteiger partial charge in [-0.25, -0.2) is 0 Å². The summed E-state index contributed by atoms with van der Waals surface area (Å²) in [4.78, 5) is 14.5. The number of nitrogens with one attached hydrogen (secondary N) is 1. The van der Waals surface area contributed by atoms with Gasteiger partial charge in [-0.05, 0) is 51.1 Å². The van der Waals surface area contributed by atoms with Gasteiger partial charge in [0.2, 0.25) is 0 Å². The molecule has 0 spiro atoms. The van der Waals surface area contributed by atoms with E-state index in [1.807, 2.05) is 26.1 Å². The molecule has 0 radical (unpaired) electrons. The Bertz CT molecular complexity index is 435. The van der Waals surface area contributed by atoms with Crippen molar-refractivity contribution >= 4 is 11.5 Å².